The number of halogens is 1. The summed E-state index contributed by atoms with van der Waals surface area (Å²) in [5.41, 5.74) is 0.164. The zero-order valence-electron chi connectivity index (χ0n) is 11.4. The van der Waals surface area contributed by atoms with Crippen molar-refractivity contribution in [1.29, 1.82) is 0 Å². The molecule has 0 aromatic carbocycles. The molecule has 0 aliphatic heterocycles. The lowest BCUT2D eigenvalue weighted by atomic mass is 10.2. The zero-order chi connectivity index (χ0) is 14.7. The molecule has 2 N–H and O–H groups in total. The average molecular weight is 295 g/mol. The zero-order valence-corrected chi connectivity index (χ0v) is 12.1. The number of H-pyrrole nitrogens is 1. The van der Waals surface area contributed by atoms with Crippen LogP contribution in [0.25, 0.3) is 0 Å². The molecule has 2 rings (SSSR count). The molecule has 8 heteroatoms. The molecule has 2 aromatic heterocycles. The van der Waals surface area contributed by atoms with Gasteiger partial charge in [0.05, 0.1) is 17.3 Å². The highest BCUT2D eigenvalue weighted by atomic mass is 35.5. The van der Waals surface area contributed by atoms with Crippen LogP contribution in [-0.4, -0.2) is 31.1 Å². The highest BCUT2D eigenvalue weighted by Gasteiger charge is 2.19. The molecule has 1 atom stereocenters. The van der Waals surface area contributed by atoms with Crippen LogP contribution in [0.2, 0.25) is 5.02 Å². The van der Waals surface area contributed by atoms with E-state index in [4.69, 9.17) is 11.6 Å². The molecule has 0 fully saturated rings. The predicted molar refractivity (Wildman–Crippen MR) is 73.4 cm³/mol. The van der Waals surface area contributed by atoms with E-state index < -0.39 is 0 Å². The number of rotatable bonds is 4. The molecule has 0 saturated heterocycles. The van der Waals surface area contributed by atoms with Crippen molar-refractivity contribution >= 4 is 17.5 Å². The molecule has 0 unspecified atom stereocenters. The maximum absolute atomic E-state index is 12.2. The third kappa shape index (κ3) is 3.11. The van der Waals surface area contributed by atoms with Gasteiger partial charge in [0.25, 0.3) is 5.91 Å². The van der Waals surface area contributed by atoms with Gasteiger partial charge in [0.2, 0.25) is 0 Å². The first kappa shape index (κ1) is 14.4. The van der Waals surface area contributed by atoms with Crippen LogP contribution < -0.4 is 5.32 Å². The van der Waals surface area contributed by atoms with Crippen LogP contribution in [0.3, 0.4) is 0 Å². The topological polar surface area (TPSA) is 96.5 Å². The van der Waals surface area contributed by atoms with Gasteiger partial charge in [0, 0.05) is 5.92 Å². The average Bonchev–Trinajstić information content (AvgIpc) is 2.92. The van der Waals surface area contributed by atoms with Crippen LogP contribution in [0, 0.1) is 0 Å². The highest BCUT2D eigenvalue weighted by molar-refractivity contribution is 6.33. The van der Waals surface area contributed by atoms with Crippen molar-refractivity contribution < 1.29 is 4.79 Å². The summed E-state index contributed by atoms with van der Waals surface area (Å²) >= 11 is 5.98. The molecule has 1 amide bonds. The fourth-order valence-electron chi connectivity index (χ4n) is 1.58. The molecule has 0 radical (unpaired) electrons. The molecular formula is C12H15ClN6O. The van der Waals surface area contributed by atoms with Gasteiger partial charge in [0.15, 0.2) is 0 Å². The number of nitrogens with zero attached hydrogens (tertiary/aromatic N) is 4. The van der Waals surface area contributed by atoms with Crippen LogP contribution in [0.1, 0.15) is 54.9 Å². The molecule has 2 heterocycles. The quantitative estimate of drug-likeness (QED) is 0.897. The fraction of sp³-hybridized carbons (Fsp3) is 0.417. The predicted octanol–water partition coefficient (Wildman–Crippen LogP) is 1.86. The van der Waals surface area contributed by atoms with Crippen LogP contribution in [0.15, 0.2) is 12.5 Å². The monoisotopic (exact) mass is 294 g/mol. The van der Waals surface area contributed by atoms with Crippen molar-refractivity contribution in [2.45, 2.75) is 32.7 Å². The normalized spacial score (nSPS) is 12.4. The van der Waals surface area contributed by atoms with E-state index >= 15 is 0 Å². The van der Waals surface area contributed by atoms with Crippen LogP contribution in [0.5, 0.6) is 0 Å². The van der Waals surface area contributed by atoms with E-state index in [-0.39, 0.29) is 28.6 Å². The first-order valence-electron chi connectivity index (χ1n) is 6.17. The van der Waals surface area contributed by atoms with Crippen molar-refractivity contribution in [3.63, 3.8) is 0 Å². The van der Waals surface area contributed by atoms with Crippen molar-refractivity contribution in [1.82, 2.24) is 30.5 Å². The first-order valence-corrected chi connectivity index (χ1v) is 6.55. The third-order valence-electron chi connectivity index (χ3n) is 2.69. The van der Waals surface area contributed by atoms with Gasteiger partial charge in [-0.3, -0.25) is 9.89 Å². The lowest BCUT2D eigenvalue weighted by Crippen LogP contribution is -2.29. The SMILES string of the molecule is CC(C)c1ncc(Cl)c(C(=O)N[C@@H](C)c2ncn[nH]2)n1. The molecule has 0 bridgehead atoms. The number of amides is 1. The van der Waals surface area contributed by atoms with Gasteiger partial charge in [-0.1, -0.05) is 25.4 Å². The van der Waals surface area contributed by atoms with Crippen molar-refractivity contribution in [3.05, 3.63) is 34.9 Å². The van der Waals surface area contributed by atoms with E-state index in [1.165, 1.54) is 12.5 Å². The summed E-state index contributed by atoms with van der Waals surface area (Å²) in [7, 11) is 0. The molecule has 0 aliphatic rings. The number of nitrogens with one attached hydrogen (secondary N) is 2. The van der Waals surface area contributed by atoms with E-state index in [1.807, 2.05) is 13.8 Å². The smallest absolute Gasteiger partial charge is 0.272 e. The molecular weight excluding hydrogens is 280 g/mol. The summed E-state index contributed by atoms with van der Waals surface area (Å²) < 4.78 is 0. The van der Waals surface area contributed by atoms with Gasteiger partial charge < -0.3 is 5.32 Å². The van der Waals surface area contributed by atoms with E-state index in [2.05, 4.69) is 30.5 Å². The Balaban J connectivity index is 2.18. The summed E-state index contributed by atoms with van der Waals surface area (Å²) in [5.74, 6) is 0.883. The first-order chi connectivity index (χ1) is 9.49. The largest absolute Gasteiger partial charge is 0.341 e. The Morgan fingerprint density at radius 3 is 2.70 bits per heavy atom. The summed E-state index contributed by atoms with van der Waals surface area (Å²) in [6.45, 7) is 5.68. The Morgan fingerprint density at radius 1 is 1.35 bits per heavy atom. The molecule has 2 aromatic rings. The Labute approximate surface area is 121 Å². The maximum atomic E-state index is 12.2. The maximum Gasteiger partial charge on any atom is 0.272 e. The van der Waals surface area contributed by atoms with Crippen molar-refractivity contribution in [2.24, 2.45) is 0 Å². The Hall–Kier alpha value is -2.02. The van der Waals surface area contributed by atoms with E-state index in [0.717, 1.165) is 0 Å². The lowest BCUT2D eigenvalue weighted by molar-refractivity contribution is 0.0933. The fourth-order valence-corrected chi connectivity index (χ4v) is 1.75. The van der Waals surface area contributed by atoms with Gasteiger partial charge >= 0.3 is 0 Å². The Bertz CT molecular complexity index is 598. The van der Waals surface area contributed by atoms with E-state index in [1.54, 1.807) is 6.92 Å². The molecule has 106 valence electrons. The van der Waals surface area contributed by atoms with Gasteiger partial charge in [-0.05, 0) is 6.92 Å². The Morgan fingerprint density at radius 2 is 2.10 bits per heavy atom. The standard InChI is InChI=1S/C12H15ClN6O/c1-6(2)10-14-4-8(13)9(18-10)12(20)17-7(3)11-15-5-16-19-11/h4-7H,1-3H3,(H,17,20)(H,15,16,19)/t7-/m0/s1. The molecule has 0 aliphatic carbocycles. The minimum atomic E-state index is -0.372. The second-order valence-corrected chi connectivity index (χ2v) is 5.05. The van der Waals surface area contributed by atoms with Gasteiger partial charge in [-0.2, -0.15) is 5.10 Å². The summed E-state index contributed by atoms with van der Waals surface area (Å²) in [5, 5.41) is 9.41. The number of hydrogen-bond donors (Lipinski definition) is 2. The van der Waals surface area contributed by atoms with Crippen LogP contribution in [0.4, 0.5) is 0 Å². The van der Waals surface area contributed by atoms with Crippen molar-refractivity contribution in [3.8, 4) is 0 Å². The second kappa shape index (κ2) is 5.96. The van der Waals surface area contributed by atoms with Crippen LogP contribution in [-0.2, 0) is 0 Å². The number of aromatic amines is 1. The summed E-state index contributed by atoms with van der Waals surface area (Å²) in [4.78, 5) is 24.5. The van der Waals surface area contributed by atoms with Gasteiger partial charge in [0.1, 0.15) is 23.7 Å². The van der Waals surface area contributed by atoms with Gasteiger partial charge in [-0.15, -0.1) is 0 Å². The molecule has 20 heavy (non-hydrogen) atoms. The van der Waals surface area contributed by atoms with Crippen LogP contribution >= 0.6 is 11.6 Å². The number of carbonyl (C=O) groups excluding carboxylic acids is 1. The molecule has 7 nitrogen and oxygen atoms in total. The minimum Gasteiger partial charge on any atom is -0.341 e. The lowest BCUT2D eigenvalue weighted by Gasteiger charge is -2.12. The van der Waals surface area contributed by atoms with E-state index in [9.17, 15) is 4.79 Å². The highest BCUT2D eigenvalue weighted by Crippen LogP contribution is 2.17. The van der Waals surface area contributed by atoms with Gasteiger partial charge in [-0.25, -0.2) is 15.0 Å². The number of carbonyl (C=O) groups is 1. The molecule has 0 saturated carbocycles. The minimum absolute atomic E-state index is 0.116. The van der Waals surface area contributed by atoms with Crippen molar-refractivity contribution in [2.75, 3.05) is 0 Å². The Kier molecular flexibility index (Phi) is 4.29. The number of hydrogen-bond acceptors (Lipinski definition) is 5. The third-order valence-corrected chi connectivity index (χ3v) is 2.96. The number of aromatic nitrogens is 5. The summed E-state index contributed by atoms with van der Waals surface area (Å²) in [6.07, 6.45) is 2.82. The second-order valence-electron chi connectivity index (χ2n) is 4.65. The van der Waals surface area contributed by atoms with E-state index in [0.29, 0.717) is 11.6 Å². The molecule has 0 spiro atoms. The summed E-state index contributed by atoms with van der Waals surface area (Å²) in [6, 6.07) is -0.321.